The molecule has 0 aromatic rings. The third-order valence-corrected chi connectivity index (χ3v) is 3.92. The van der Waals surface area contributed by atoms with Crippen LogP contribution < -0.4 is 5.32 Å². The van der Waals surface area contributed by atoms with Crippen molar-refractivity contribution in [2.24, 2.45) is 11.8 Å². The summed E-state index contributed by atoms with van der Waals surface area (Å²) in [6.45, 7) is 3.56. The van der Waals surface area contributed by atoms with Gasteiger partial charge < -0.3 is 5.32 Å². The number of fused-ring (bicyclic) bond motifs is 1. The molecule has 1 heterocycles. The van der Waals surface area contributed by atoms with Gasteiger partial charge in [-0.05, 0) is 50.5 Å². The fraction of sp³-hybridized carbons (Fsp3) is 0.846. The van der Waals surface area contributed by atoms with Crippen molar-refractivity contribution in [2.75, 3.05) is 6.54 Å². The van der Waals surface area contributed by atoms with Crippen LogP contribution in [0.2, 0.25) is 0 Å². The van der Waals surface area contributed by atoms with E-state index in [1.165, 1.54) is 45.1 Å². The molecule has 2 rings (SSSR count). The predicted molar refractivity (Wildman–Crippen MR) is 61.3 cm³/mol. The predicted octanol–water partition coefficient (Wildman–Crippen LogP) is 3.12. The molecule has 0 radical (unpaired) electrons. The van der Waals surface area contributed by atoms with Crippen LogP contribution in [0.4, 0.5) is 0 Å². The molecule has 1 heteroatoms. The number of hydrogen-bond donors (Lipinski definition) is 1. The van der Waals surface area contributed by atoms with Gasteiger partial charge in [0.05, 0.1) is 0 Å². The highest BCUT2D eigenvalue weighted by Crippen LogP contribution is 2.32. The number of rotatable bonds is 1. The molecule has 1 aliphatic carbocycles. The van der Waals surface area contributed by atoms with E-state index in [9.17, 15) is 0 Å². The van der Waals surface area contributed by atoms with E-state index in [1.807, 2.05) is 0 Å². The molecule has 1 nitrogen and oxygen atoms in total. The highest BCUT2D eigenvalue weighted by Gasteiger charge is 2.27. The number of allylic oxidation sites excluding steroid dienone is 1. The molecule has 1 N–H and O–H groups in total. The van der Waals surface area contributed by atoms with E-state index in [4.69, 9.17) is 0 Å². The zero-order valence-corrected chi connectivity index (χ0v) is 9.34. The monoisotopic (exact) mass is 193 g/mol. The molecule has 80 valence electrons. The molecule has 14 heavy (non-hydrogen) atoms. The molecule has 3 atom stereocenters. The van der Waals surface area contributed by atoms with Crippen molar-refractivity contribution in [1.29, 1.82) is 0 Å². The highest BCUT2D eigenvalue weighted by atomic mass is 14.9. The van der Waals surface area contributed by atoms with E-state index in [0.717, 1.165) is 17.9 Å². The standard InChI is InChI=1S/C13H23N/c1-2-11-7-8-13-12(10-11)6-4-3-5-9-14-13/h4,6,11-14H,2-3,5,7-10H2,1H3/b6-4+. The van der Waals surface area contributed by atoms with Gasteiger partial charge in [0.2, 0.25) is 0 Å². The largest absolute Gasteiger partial charge is 0.313 e. The van der Waals surface area contributed by atoms with Gasteiger partial charge >= 0.3 is 0 Å². The van der Waals surface area contributed by atoms with E-state index < -0.39 is 0 Å². The van der Waals surface area contributed by atoms with Crippen LogP contribution in [-0.2, 0) is 0 Å². The first-order valence-corrected chi connectivity index (χ1v) is 6.30. The zero-order valence-electron chi connectivity index (χ0n) is 9.34. The molecule has 0 aromatic carbocycles. The third-order valence-electron chi connectivity index (χ3n) is 3.92. The van der Waals surface area contributed by atoms with Gasteiger partial charge in [0.1, 0.15) is 0 Å². The Hall–Kier alpha value is -0.300. The zero-order chi connectivity index (χ0) is 9.80. The van der Waals surface area contributed by atoms with Gasteiger partial charge in [-0.25, -0.2) is 0 Å². The van der Waals surface area contributed by atoms with Crippen molar-refractivity contribution < 1.29 is 0 Å². The molecule has 0 spiro atoms. The lowest BCUT2D eigenvalue weighted by atomic mass is 9.76. The quantitative estimate of drug-likeness (QED) is 0.631. The Balaban J connectivity index is 1.98. The molecule has 2 aliphatic rings. The molecule has 0 amide bonds. The van der Waals surface area contributed by atoms with E-state index in [0.29, 0.717) is 0 Å². The Labute approximate surface area is 88.0 Å². The maximum absolute atomic E-state index is 3.72. The van der Waals surface area contributed by atoms with Gasteiger partial charge in [0.15, 0.2) is 0 Å². The molecular formula is C13H23N. The summed E-state index contributed by atoms with van der Waals surface area (Å²) >= 11 is 0. The molecule has 1 aliphatic heterocycles. The Kier molecular flexibility index (Phi) is 3.63. The van der Waals surface area contributed by atoms with Crippen LogP contribution in [0.5, 0.6) is 0 Å². The molecular weight excluding hydrogens is 170 g/mol. The first-order valence-electron chi connectivity index (χ1n) is 6.30. The first kappa shape index (κ1) is 10.2. The minimum atomic E-state index is 0.786. The van der Waals surface area contributed by atoms with E-state index >= 15 is 0 Å². The summed E-state index contributed by atoms with van der Waals surface area (Å²) in [5.41, 5.74) is 0. The maximum Gasteiger partial charge on any atom is 0.0130 e. The normalized spacial score (nSPS) is 40.8. The summed E-state index contributed by atoms with van der Waals surface area (Å²) in [7, 11) is 0. The SMILES string of the molecule is CCC1CCC2NCCC/C=C/C2C1. The van der Waals surface area contributed by atoms with Crippen molar-refractivity contribution in [2.45, 2.75) is 51.5 Å². The summed E-state index contributed by atoms with van der Waals surface area (Å²) in [5, 5.41) is 3.72. The van der Waals surface area contributed by atoms with E-state index in [-0.39, 0.29) is 0 Å². The van der Waals surface area contributed by atoms with Crippen LogP contribution in [0.15, 0.2) is 12.2 Å². The van der Waals surface area contributed by atoms with Crippen LogP contribution >= 0.6 is 0 Å². The molecule has 1 saturated carbocycles. The first-order chi connectivity index (χ1) is 6.90. The minimum Gasteiger partial charge on any atom is -0.313 e. The fourth-order valence-corrected chi connectivity index (χ4v) is 2.91. The van der Waals surface area contributed by atoms with Crippen molar-refractivity contribution in [1.82, 2.24) is 5.32 Å². The van der Waals surface area contributed by atoms with Crippen molar-refractivity contribution in [3.05, 3.63) is 12.2 Å². The average molecular weight is 193 g/mol. The Morgan fingerprint density at radius 2 is 2.29 bits per heavy atom. The van der Waals surface area contributed by atoms with Crippen molar-refractivity contribution in [3.63, 3.8) is 0 Å². The summed E-state index contributed by atoms with van der Waals surface area (Å²) in [5.74, 6) is 1.82. The van der Waals surface area contributed by atoms with Crippen LogP contribution in [0.25, 0.3) is 0 Å². The molecule has 1 fully saturated rings. The Morgan fingerprint density at radius 3 is 3.14 bits per heavy atom. The van der Waals surface area contributed by atoms with Crippen LogP contribution in [0, 0.1) is 11.8 Å². The fourth-order valence-electron chi connectivity index (χ4n) is 2.91. The van der Waals surface area contributed by atoms with E-state index in [2.05, 4.69) is 24.4 Å². The number of nitrogens with one attached hydrogen (secondary N) is 1. The van der Waals surface area contributed by atoms with Crippen molar-refractivity contribution >= 4 is 0 Å². The van der Waals surface area contributed by atoms with Crippen molar-refractivity contribution in [3.8, 4) is 0 Å². The summed E-state index contributed by atoms with van der Waals surface area (Å²) in [6, 6.07) is 0.786. The van der Waals surface area contributed by atoms with E-state index in [1.54, 1.807) is 0 Å². The van der Waals surface area contributed by atoms with Gasteiger partial charge in [-0.2, -0.15) is 0 Å². The smallest absolute Gasteiger partial charge is 0.0130 e. The second-order valence-electron chi connectivity index (χ2n) is 4.88. The average Bonchev–Trinajstić information content (AvgIpc) is 2.18. The van der Waals surface area contributed by atoms with Crippen LogP contribution in [-0.4, -0.2) is 12.6 Å². The summed E-state index contributed by atoms with van der Waals surface area (Å²) < 4.78 is 0. The highest BCUT2D eigenvalue weighted by molar-refractivity contribution is 4.99. The molecule has 0 saturated heterocycles. The minimum absolute atomic E-state index is 0.786. The molecule has 0 bridgehead atoms. The summed E-state index contributed by atoms with van der Waals surface area (Å²) in [4.78, 5) is 0. The number of hydrogen-bond acceptors (Lipinski definition) is 1. The second-order valence-corrected chi connectivity index (χ2v) is 4.88. The topological polar surface area (TPSA) is 12.0 Å². The Bertz CT molecular complexity index is 197. The van der Waals surface area contributed by atoms with Gasteiger partial charge in [-0.15, -0.1) is 0 Å². The second kappa shape index (κ2) is 4.97. The maximum atomic E-state index is 3.72. The van der Waals surface area contributed by atoms with Gasteiger partial charge in [0, 0.05) is 6.04 Å². The molecule has 0 aromatic heterocycles. The Morgan fingerprint density at radius 1 is 1.36 bits per heavy atom. The summed E-state index contributed by atoms with van der Waals surface area (Å²) in [6.07, 6.45) is 13.1. The lowest BCUT2D eigenvalue weighted by Gasteiger charge is -2.35. The molecule has 3 unspecified atom stereocenters. The van der Waals surface area contributed by atoms with Crippen LogP contribution in [0.3, 0.4) is 0 Å². The lowest BCUT2D eigenvalue weighted by Crippen LogP contribution is -2.40. The van der Waals surface area contributed by atoms with Gasteiger partial charge in [0.25, 0.3) is 0 Å². The van der Waals surface area contributed by atoms with Gasteiger partial charge in [-0.1, -0.05) is 25.5 Å². The van der Waals surface area contributed by atoms with Gasteiger partial charge in [-0.3, -0.25) is 0 Å². The van der Waals surface area contributed by atoms with Crippen LogP contribution in [0.1, 0.15) is 45.4 Å². The third kappa shape index (κ3) is 2.38. The lowest BCUT2D eigenvalue weighted by molar-refractivity contribution is 0.230.